The van der Waals surface area contributed by atoms with Crippen LogP contribution < -0.4 is 10.2 Å². The Balaban J connectivity index is 1.96. The molecule has 0 aliphatic carbocycles. The first-order valence-corrected chi connectivity index (χ1v) is 6.80. The quantitative estimate of drug-likeness (QED) is 0.673. The molecule has 1 aromatic heterocycles. The second-order valence-corrected chi connectivity index (χ2v) is 4.59. The number of rotatable bonds is 5. The van der Waals surface area contributed by atoms with E-state index in [2.05, 4.69) is 26.5 Å². The Kier molecular flexibility index (Phi) is 4.95. The molecule has 0 aliphatic heterocycles. The number of nitrogens with one attached hydrogen (secondary N) is 1. The van der Waals surface area contributed by atoms with Crippen LogP contribution in [0.3, 0.4) is 0 Å². The van der Waals surface area contributed by atoms with Crippen molar-refractivity contribution in [2.45, 2.75) is 6.92 Å². The zero-order valence-electron chi connectivity index (χ0n) is 10.8. The minimum Gasteiger partial charge on any atom is -0.494 e. The predicted molar refractivity (Wildman–Crippen MR) is 79.1 cm³/mol. The number of hydrogen-bond donors (Lipinski definition) is 1. The molecule has 0 radical (unpaired) electrons. The molecule has 5 nitrogen and oxygen atoms in total. The van der Waals surface area contributed by atoms with E-state index in [1.54, 1.807) is 18.3 Å². The Hall–Kier alpha value is -2.08. The number of hydrazone groups is 1. The maximum atomic E-state index is 11.7. The second kappa shape index (κ2) is 6.91. The minimum absolute atomic E-state index is 0.192. The summed E-state index contributed by atoms with van der Waals surface area (Å²) in [6.07, 6.45) is 1.54. The fourth-order valence-corrected chi connectivity index (χ4v) is 1.81. The first kappa shape index (κ1) is 14.3. The normalized spacial score (nSPS) is 10.7. The van der Waals surface area contributed by atoms with Crippen molar-refractivity contribution in [1.82, 2.24) is 5.43 Å². The SMILES string of the molecule is CCOc1cccc(/C=N/NC(=O)c2ccc(Br)o2)c1. The van der Waals surface area contributed by atoms with Crippen LogP contribution in [0, 0.1) is 0 Å². The highest BCUT2D eigenvalue weighted by Gasteiger charge is 2.08. The van der Waals surface area contributed by atoms with Crippen LogP contribution in [0.5, 0.6) is 5.75 Å². The number of furan rings is 1. The molecule has 6 heteroatoms. The van der Waals surface area contributed by atoms with Crippen molar-refractivity contribution in [1.29, 1.82) is 0 Å². The molecule has 0 fully saturated rings. The number of halogens is 1. The predicted octanol–water partition coefficient (Wildman–Crippen LogP) is 3.20. The summed E-state index contributed by atoms with van der Waals surface area (Å²) < 4.78 is 11.0. The standard InChI is InChI=1S/C14H13BrN2O3/c1-2-19-11-5-3-4-10(8-11)9-16-17-14(18)12-6-7-13(15)20-12/h3-9H,2H2,1H3,(H,17,18)/b16-9+. The van der Waals surface area contributed by atoms with E-state index in [9.17, 15) is 4.79 Å². The van der Waals surface area contributed by atoms with Crippen LogP contribution in [0.2, 0.25) is 0 Å². The van der Waals surface area contributed by atoms with Crippen LogP contribution in [0.15, 0.2) is 50.6 Å². The van der Waals surface area contributed by atoms with Crippen LogP contribution >= 0.6 is 15.9 Å². The van der Waals surface area contributed by atoms with Crippen molar-refractivity contribution in [3.63, 3.8) is 0 Å². The Bertz CT molecular complexity index is 622. The molecular formula is C14H13BrN2O3. The summed E-state index contributed by atoms with van der Waals surface area (Å²) in [5.74, 6) is 0.544. The molecule has 0 unspecified atom stereocenters. The van der Waals surface area contributed by atoms with Crippen molar-refractivity contribution in [2.75, 3.05) is 6.61 Å². The van der Waals surface area contributed by atoms with Crippen molar-refractivity contribution in [3.8, 4) is 5.75 Å². The maximum Gasteiger partial charge on any atom is 0.307 e. The number of hydrogen-bond acceptors (Lipinski definition) is 4. The molecular weight excluding hydrogens is 324 g/mol. The van der Waals surface area contributed by atoms with Gasteiger partial charge in [-0.25, -0.2) is 5.43 Å². The Morgan fingerprint density at radius 1 is 1.45 bits per heavy atom. The third-order valence-corrected chi connectivity index (χ3v) is 2.77. The van der Waals surface area contributed by atoms with Gasteiger partial charge in [0.05, 0.1) is 12.8 Å². The fraction of sp³-hybridized carbons (Fsp3) is 0.143. The molecule has 0 saturated carbocycles. The van der Waals surface area contributed by atoms with E-state index >= 15 is 0 Å². The Labute approximate surface area is 124 Å². The zero-order valence-corrected chi connectivity index (χ0v) is 12.4. The van der Waals surface area contributed by atoms with Gasteiger partial charge in [0.1, 0.15) is 5.75 Å². The number of nitrogens with zero attached hydrogens (tertiary/aromatic N) is 1. The molecule has 0 atom stereocenters. The van der Waals surface area contributed by atoms with Gasteiger partial charge in [-0.1, -0.05) is 12.1 Å². The van der Waals surface area contributed by atoms with E-state index in [4.69, 9.17) is 9.15 Å². The zero-order chi connectivity index (χ0) is 14.4. The summed E-state index contributed by atoms with van der Waals surface area (Å²) in [4.78, 5) is 11.7. The highest BCUT2D eigenvalue weighted by Crippen LogP contribution is 2.14. The lowest BCUT2D eigenvalue weighted by Gasteiger charge is -2.02. The number of benzene rings is 1. The van der Waals surface area contributed by atoms with Gasteiger partial charge < -0.3 is 9.15 Å². The van der Waals surface area contributed by atoms with E-state index in [0.29, 0.717) is 11.3 Å². The second-order valence-electron chi connectivity index (χ2n) is 3.81. The van der Waals surface area contributed by atoms with Gasteiger partial charge in [-0.05, 0) is 52.7 Å². The number of carbonyl (C=O) groups is 1. The van der Waals surface area contributed by atoms with Crippen LogP contribution in [0.4, 0.5) is 0 Å². The van der Waals surface area contributed by atoms with Gasteiger partial charge in [0, 0.05) is 0 Å². The van der Waals surface area contributed by atoms with Crippen molar-refractivity contribution >= 4 is 28.1 Å². The summed E-state index contributed by atoms with van der Waals surface area (Å²) in [5.41, 5.74) is 3.22. The van der Waals surface area contributed by atoms with Gasteiger partial charge in [0.2, 0.25) is 0 Å². The number of amides is 1. The van der Waals surface area contributed by atoms with E-state index < -0.39 is 5.91 Å². The highest BCUT2D eigenvalue weighted by atomic mass is 79.9. The summed E-state index contributed by atoms with van der Waals surface area (Å²) in [6.45, 7) is 2.52. The summed E-state index contributed by atoms with van der Waals surface area (Å²) in [5, 5.41) is 3.87. The largest absolute Gasteiger partial charge is 0.494 e. The van der Waals surface area contributed by atoms with Crippen LogP contribution in [0.25, 0.3) is 0 Å². The lowest BCUT2D eigenvalue weighted by atomic mass is 10.2. The van der Waals surface area contributed by atoms with E-state index in [-0.39, 0.29) is 5.76 Å². The third kappa shape index (κ3) is 3.96. The van der Waals surface area contributed by atoms with Crippen LogP contribution in [0.1, 0.15) is 23.0 Å². The van der Waals surface area contributed by atoms with E-state index in [1.165, 1.54) is 0 Å². The molecule has 0 saturated heterocycles. The van der Waals surface area contributed by atoms with Crippen LogP contribution in [-0.4, -0.2) is 18.7 Å². The maximum absolute atomic E-state index is 11.7. The van der Waals surface area contributed by atoms with E-state index in [1.807, 2.05) is 31.2 Å². The first-order valence-electron chi connectivity index (χ1n) is 6.00. The van der Waals surface area contributed by atoms with Crippen molar-refractivity contribution in [3.05, 3.63) is 52.4 Å². The molecule has 1 aromatic carbocycles. The van der Waals surface area contributed by atoms with E-state index in [0.717, 1.165) is 11.3 Å². The van der Waals surface area contributed by atoms with Gasteiger partial charge in [-0.15, -0.1) is 0 Å². The first-order chi connectivity index (χ1) is 9.69. The summed E-state index contributed by atoms with van der Waals surface area (Å²) in [6, 6.07) is 10.6. The molecule has 1 N–H and O–H groups in total. The Morgan fingerprint density at radius 3 is 3.00 bits per heavy atom. The average Bonchev–Trinajstić information content (AvgIpc) is 2.86. The van der Waals surface area contributed by atoms with Gasteiger partial charge in [0.25, 0.3) is 0 Å². The lowest BCUT2D eigenvalue weighted by Crippen LogP contribution is -2.16. The monoisotopic (exact) mass is 336 g/mol. The summed E-state index contributed by atoms with van der Waals surface area (Å²) in [7, 11) is 0. The van der Waals surface area contributed by atoms with Crippen molar-refractivity contribution in [2.24, 2.45) is 5.10 Å². The Morgan fingerprint density at radius 2 is 2.30 bits per heavy atom. The molecule has 104 valence electrons. The van der Waals surface area contributed by atoms with Crippen LogP contribution in [-0.2, 0) is 0 Å². The fourth-order valence-electron chi connectivity index (χ4n) is 1.51. The molecule has 2 rings (SSSR count). The minimum atomic E-state index is -0.409. The third-order valence-electron chi connectivity index (χ3n) is 2.35. The van der Waals surface area contributed by atoms with Gasteiger partial charge in [0.15, 0.2) is 10.4 Å². The topological polar surface area (TPSA) is 63.8 Å². The smallest absolute Gasteiger partial charge is 0.307 e. The highest BCUT2D eigenvalue weighted by molar-refractivity contribution is 9.10. The molecule has 1 heterocycles. The number of ether oxygens (including phenoxy) is 1. The van der Waals surface area contributed by atoms with Gasteiger partial charge >= 0.3 is 5.91 Å². The molecule has 0 spiro atoms. The van der Waals surface area contributed by atoms with Gasteiger partial charge in [-0.3, -0.25) is 4.79 Å². The molecule has 2 aromatic rings. The average molecular weight is 337 g/mol. The lowest BCUT2D eigenvalue weighted by molar-refractivity contribution is 0.0926. The summed E-state index contributed by atoms with van der Waals surface area (Å²) >= 11 is 3.13. The van der Waals surface area contributed by atoms with Gasteiger partial charge in [-0.2, -0.15) is 5.10 Å². The molecule has 0 aliphatic rings. The molecule has 0 bridgehead atoms. The molecule has 1 amide bonds. The van der Waals surface area contributed by atoms with Crippen molar-refractivity contribution < 1.29 is 13.9 Å². The molecule has 20 heavy (non-hydrogen) atoms. The number of carbonyl (C=O) groups excluding carboxylic acids is 1.